The second-order valence-electron chi connectivity index (χ2n) is 6.12. The number of nitriles is 1. The van der Waals surface area contributed by atoms with Crippen LogP contribution >= 0.6 is 0 Å². The van der Waals surface area contributed by atoms with Gasteiger partial charge in [-0.25, -0.2) is 0 Å². The van der Waals surface area contributed by atoms with E-state index in [0.717, 1.165) is 29.7 Å². The molecule has 0 aromatic heterocycles. The molecule has 0 aliphatic carbocycles. The van der Waals surface area contributed by atoms with Gasteiger partial charge in [0.1, 0.15) is 24.0 Å². The van der Waals surface area contributed by atoms with Gasteiger partial charge >= 0.3 is 0 Å². The molecule has 0 fully saturated rings. The van der Waals surface area contributed by atoms with E-state index in [0.29, 0.717) is 13.2 Å². The van der Waals surface area contributed by atoms with Crippen molar-refractivity contribution in [2.75, 3.05) is 6.54 Å². The molecule has 2 aromatic carbocycles. The van der Waals surface area contributed by atoms with Gasteiger partial charge in [-0.15, -0.1) is 0 Å². The second kappa shape index (κ2) is 10.0. The molecule has 0 bridgehead atoms. The van der Waals surface area contributed by atoms with Crippen LogP contribution in [0, 0.1) is 18.3 Å². The SMILES string of the molecule is CCCCNC(=O)/C(C#N)=C/c1ccc(OCc2ccc(C)cc2)cc1. The van der Waals surface area contributed by atoms with E-state index in [1.807, 2.05) is 42.5 Å². The maximum absolute atomic E-state index is 12.0. The van der Waals surface area contributed by atoms with Crippen LogP contribution in [0.15, 0.2) is 54.1 Å². The van der Waals surface area contributed by atoms with E-state index in [1.54, 1.807) is 6.08 Å². The second-order valence-corrected chi connectivity index (χ2v) is 6.12. The Hall–Kier alpha value is -3.06. The molecule has 26 heavy (non-hydrogen) atoms. The Balaban J connectivity index is 1.95. The number of amides is 1. The number of hydrogen-bond acceptors (Lipinski definition) is 3. The zero-order valence-electron chi connectivity index (χ0n) is 15.3. The molecule has 2 aromatic rings. The van der Waals surface area contributed by atoms with Crippen molar-refractivity contribution in [1.29, 1.82) is 5.26 Å². The minimum atomic E-state index is -0.333. The molecule has 0 heterocycles. The third-order valence-corrected chi connectivity index (χ3v) is 3.90. The van der Waals surface area contributed by atoms with Gasteiger partial charge in [-0.2, -0.15) is 5.26 Å². The number of nitrogens with one attached hydrogen (secondary N) is 1. The van der Waals surface area contributed by atoms with E-state index in [-0.39, 0.29) is 11.5 Å². The zero-order valence-corrected chi connectivity index (χ0v) is 15.3. The lowest BCUT2D eigenvalue weighted by Crippen LogP contribution is -2.25. The first kappa shape index (κ1) is 19.3. The van der Waals surface area contributed by atoms with Crippen LogP contribution in [0.25, 0.3) is 6.08 Å². The van der Waals surface area contributed by atoms with E-state index in [4.69, 9.17) is 4.74 Å². The molecule has 0 atom stereocenters. The molecular weight excluding hydrogens is 324 g/mol. The first-order chi connectivity index (χ1) is 12.6. The maximum atomic E-state index is 12.0. The number of carbonyl (C=O) groups is 1. The number of benzene rings is 2. The van der Waals surface area contributed by atoms with Crippen LogP contribution in [0.4, 0.5) is 0 Å². The van der Waals surface area contributed by atoms with E-state index >= 15 is 0 Å². The summed E-state index contributed by atoms with van der Waals surface area (Å²) in [6, 6.07) is 17.5. The highest BCUT2D eigenvalue weighted by Crippen LogP contribution is 2.16. The van der Waals surface area contributed by atoms with Crippen LogP contribution in [0.1, 0.15) is 36.5 Å². The Morgan fingerprint density at radius 3 is 2.46 bits per heavy atom. The Morgan fingerprint density at radius 1 is 1.15 bits per heavy atom. The number of carbonyl (C=O) groups excluding carboxylic acids is 1. The fourth-order valence-corrected chi connectivity index (χ4v) is 2.30. The largest absolute Gasteiger partial charge is 0.489 e. The monoisotopic (exact) mass is 348 g/mol. The number of rotatable bonds is 8. The molecule has 4 heteroatoms. The summed E-state index contributed by atoms with van der Waals surface area (Å²) >= 11 is 0. The van der Waals surface area contributed by atoms with Crippen molar-refractivity contribution in [2.24, 2.45) is 0 Å². The highest BCUT2D eigenvalue weighted by Gasteiger charge is 2.08. The molecule has 0 radical (unpaired) electrons. The maximum Gasteiger partial charge on any atom is 0.261 e. The molecular formula is C22H24N2O2. The third kappa shape index (κ3) is 6.10. The van der Waals surface area contributed by atoms with Gasteiger partial charge in [0.15, 0.2) is 0 Å². The molecule has 1 N–H and O–H groups in total. The minimum Gasteiger partial charge on any atom is -0.489 e. The van der Waals surface area contributed by atoms with Crippen LogP contribution in [-0.2, 0) is 11.4 Å². The summed E-state index contributed by atoms with van der Waals surface area (Å²) in [6.45, 7) is 5.19. The van der Waals surface area contributed by atoms with Gasteiger partial charge in [0, 0.05) is 6.54 Å². The Labute approximate surface area is 155 Å². The van der Waals surface area contributed by atoms with Crippen molar-refractivity contribution >= 4 is 12.0 Å². The number of nitrogens with zero attached hydrogens (tertiary/aromatic N) is 1. The van der Waals surface area contributed by atoms with Gasteiger partial charge in [-0.05, 0) is 42.7 Å². The molecule has 2 rings (SSSR count). The molecule has 0 saturated heterocycles. The fourth-order valence-electron chi connectivity index (χ4n) is 2.30. The van der Waals surface area contributed by atoms with Crippen molar-refractivity contribution < 1.29 is 9.53 Å². The Bertz CT molecular complexity index is 784. The normalized spacial score (nSPS) is 10.9. The molecule has 4 nitrogen and oxygen atoms in total. The van der Waals surface area contributed by atoms with Gasteiger partial charge < -0.3 is 10.1 Å². The van der Waals surface area contributed by atoms with Crippen LogP contribution in [0.3, 0.4) is 0 Å². The lowest BCUT2D eigenvalue weighted by molar-refractivity contribution is -0.117. The first-order valence-corrected chi connectivity index (χ1v) is 8.80. The average Bonchev–Trinajstić information content (AvgIpc) is 2.66. The van der Waals surface area contributed by atoms with Crippen molar-refractivity contribution in [2.45, 2.75) is 33.3 Å². The van der Waals surface area contributed by atoms with Crippen molar-refractivity contribution in [3.05, 3.63) is 70.8 Å². The predicted octanol–water partition coefficient (Wildman–Crippen LogP) is 4.40. The molecule has 0 aliphatic rings. The summed E-state index contributed by atoms with van der Waals surface area (Å²) in [4.78, 5) is 12.0. The summed E-state index contributed by atoms with van der Waals surface area (Å²) in [7, 11) is 0. The molecule has 0 spiro atoms. The topological polar surface area (TPSA) is 62.1 Å². The van der Waals surface area contributed by atoms with Crippen LogP contribution in [0.2, 0.25) is 0 Å². The number of unbranched alkanes of at least 4 members (excludes halogenated alkanes) is 1. The van der Waals surface area contributed by atoms with Crippen LogP contribution < -0.4 is 10.1 Å². The summed E-state index contributed by atoms with van der Waals surface area (Å²) in [5, 5.41) is 11.9. The molecule has 1 amide bonds. The van der Waals surface area contributed by atoms with E-state index in [1.165, 1.54) is 5.56 Å². The van der Waals surface area contributed by atoms with Crippen molar-refractivity contribution in [3.63, 3.8) is 0 Å². The fraction of sp³-hybridized carbons (Fsp3) is 0.273. The quantitative estimate of drug-likeness (QED) is 0.437. The molecule has 134 valence electrons. The van der Waals surface area contributed by atoms with Crippen LogP contribution in [0.5, 0.6) is 5.75 Å². The van der Waals surface area contributed by atoms with E-state index in [9.17, 15) is 10.1 Å². The molecule has 0 aliphatic heterocycles. The lowest BCUT2D eigenvalue weighted by Gasteiger charge is -2.07. The van der Waals surface area contributed by atoms with Crippen molar-refractivity contribution in [1.82, 2.24) is 5.32 Å². The van der Waals surface area contributed by atoms with Gasteiger partial charge in [-0.1, -0.05) is 55.3 Å². The van der Waals surface area contributed by atoms with E-state index in [2.05, 4.69) is 31.3 Å². The summed E-state index contributed by atoms with van der Waals surface area (Å²) < 4.78 is 5.77. The lowest BCUT2D eigenvalue weighted by atomic mass is 10.1. The minimum absolute atomic E-state index is 0.106. The zero-order chi connectivity index (χ0) is 18.8. The van der Waals surface area contributed by atoms with Crippen molar-refractivity contribution in [3.8, 4) is 11.8 Å². The predicted molar refractivity (Wildman–Crippen MR) is 103 cm³/mol. The molecule has 0 unspecified atom stereocenters. The highest BCUT2D eigenvalue weighted by molar-refractivity contribution is 6.01. The van der Waals surface area contributed by atoms with Gasteiger partial charge in [0.2, 0.25) is 0 Å². The summed E-state index contributed by atoms with van der Waals surface area (Å²) in [5.41, 5.74) is 3.22. The first-order valence-electron chi connectivity index (χ1n) is 8.80. The molecule has 0 saturated carbocycles. The average molecular weight is 348 g/mol. The van der Waals surface area contributed by atoms with Gasteiger partial charge in [0.05, 0.1) is 0 Å². The van der Waals surface area contributed by atoms with E-state index < -0.39 is 0 Å². The highest BCUT2D eigenvalue weighted by atomic mass is 16.5. The number of aryl methyl sites for hydroxylation is 1. The Morgan fingerprint density at radius 2 is 1.85 bits per heavy atom. The Kier molecular flexibility index (Phi) is 7.45. The van der Waals surface area contributed by atoms with Gasteiger partial charge in [0.25, 0.3) is 5.91 Å². The summed E-state index contributed by atoms with van der Waals surface area (Å²) in [6.07, 6.45) is 3.48. The number of ether oxygens (including phenoxy) is 1. The third-order valence-electron chi connectivity index (χ3n) is 3.90. The van der Waals surface area contributed by atoms with Gasteiger partial charge in [-0.3, -0.25) is 4.79 Å². The number of hydrogen-bond donors (Lipinski definition) is 1. The standard InChI is InChI=1S/C22H24N2O2/c1-3-4-13-24-22(25)20(15-23)14-18-9-11-21(12-10-18)26-16-19-7-5-17(2)6-8-19/h5-12,14H,3-4,13,16H2,1-2H3,(H,24,25)/b20-14+. The summed E-state index contributed by atoms with van der Waals surface area (Å²) in [5.74, 6) is 0.411. The smallest absolute Gasteiger partial charge is 0.261 e. The van der Waals surface area contributed by atoms with Crippen LogP contribution in [-0.4, -0.2) is 12.5 Å².